The van der Waals surface area contributed by atoms with Crippen molar-refractivity contribution in [2.24, 2.45) is 15.9 Å². The summed E-state index contributed by atoms with van der Waals surface area (Å²) in [6.07, 6.45) is 7.00. The van der Waals surface area contributed by atoms with Gasteiger partial charge in [-0.3, -0.25) is 4.79 Å². The molecule has 2 aliphatic rings. The molecular weight excluding hydrogens is 224 g/mol. The lowest BCUT2D eigenvalue weighted by Crippen LogP contribution is -2.28. The Labute approximate surface area is 97.0 Å². The number of carboxylic acids is 1. The zero-order valence-corrected chi connectivity index (χ0v) is 8.87. The van der Waals surface area contributed by atoms with Crippen LogP contribution in [-0.4, -0.2) is 41.7 Å². The summed E-state index contributed by atoms with van der Waals surface area (Å²) in [5, 5.41) is 8.39. The molecule has 0 saturated heterocycles. The second kappa shape index (κ2) is 4.84. The number of carboxylic acid groups (broad SMARTS) is 1. The van der Waals surface area contributed by atoms with Crippen molar-refractivity contribution in [2.45, 2.75) is 0 Å². The Morgan fingerprint density at radius 3 is 3.00 bits per heavy atom. The van der Waals surface area contributed by atoms with Crippen molar-refractivity contribution in [2.75, 3.05) is 13.2 Å². The maximum Gasteiger partial charge on any atom is 0.329 e. The molecule has 0 spiro atoms. The Hall–Kier alpha value is -2.08. The molecule has 1 amide bonds. The number of carbonyl (C=O) groups is 2. The monoisotopic (exact) mass is 234 g/mol. The van der Waals surface area contributed by atoms with Crippen LogP contribution in [0.2, 0.25) is 0 Å². The highest BCUT2D eigenvalue weighted by molar-refractivity contribution is 6.21. The Morgan fingerprint density at radius 2 is 2.24 bits per heavy atom. The zero-order valence-electron chi connectivity index (χ0n) is 8.87. The quantitative estimate of drug-likeness (QED) is 0.753. The number of hydrogen-bond donors (Lipinski definition) is 1. The third-order valence-electron chi connectivity index (χ3n) is 2.22. The van der Waals surface area contributed by atoms with Gasteiger partial charge in [-0.05, 0) is 6.08 Å². The summed E-state index contributed by atoms with van der Waals surface area (Å²) in [5.74, 6) is -1.58. The first kappa shape index (κ1) is 11.4. The van der Waals surface area contributed by atoms with Gasteiger partial charge in [0, 0.05) is 0 Å². The summed E-state index contributed by atoms with van der Waals surface area (Å²) < 4.78 is 4.83. The first-order chi connectivity index (χ1) is 8.16. The van der Waals surface area contributed by atoms with Gasteiger partial charge in [-0.25, -0.2) is 9.79 Å². The molecule has 1 heterocycles. The molecular formula is C11H10N2O4. The van der Waals surface area contributed by atoms with Crippen LogP contribution in [0.3, 0.4) is 0 Å². The molecule has 1 unspecified atom stereocenters. The molecule has 1 aliphatic carbocycles. The average Bonchev–Trinajstić information content (AvgIpc) is 2.28. The summed E-state index contributed by atoms with van der Waals surface area (Å²) in [5.41, 5.74) is 0.612. The topological polar surface area (TPSA) is 88.3 Å². The lowest BCUT2D eigenvalue weighted by molar-refractivity contribution is -0.141. The van der Waals surface area contributed by atoms with Gasteiger partial charge in [0.05, 0.1) is 5.71 Å². The third-order valence-corrected chi connectivity index (χ3v) is 2.22. The molecule has 6 nitrogen and oxygen atoms in total. The lowest BCUT2D eigenvalue weighted by atomic mass is 9.97. The van der Waals surface area contributed by atoms with Gasteiger partial charge in [0.25, 0.3) is 5.91 Å². The van der Waals surface area contributed by atoms with Crippen LogP contribution in [0.4, 0.5) is 0 Å². The number of nitrogens with zero attached hydrogens (tertiary/aromatic N) is 2. The maximum absolute atomic E-state index is 11.6. The Morgan fingerprint density at radius 1 is 1.41 bits per heavy atom. The van der Waals surface area contributed by atoms with Crippen LogP contribution in [0.15, 0.2) is 34.3 Å². The second-order valence-corrected chi connectivity index (χ2v) is 3.51. The van der Waals surface area contributed by atoms with E-state index in [1.807, 2.05) is 0 Å². The highest BCUT2D eigenvalue weighted by atomic mass is 16.5. The number of aliphatic carboxylic acids is 1. The molecule has 0 radical (unpaired) electrons. The highest BCUT2D eigenvalue weighted by Crippen LogP contribution is 2.16. The van der Waals surface area contributed by atoms with Crippen molar-refractivity contribution in [1.82, 2.24) is 0 Å². The average molecular weight is 234 g/mol. The number of rotatable bonds is 4. The molecule has 0 aromatic carbocycles. The number of allylic oxidation sites excluding steroid dienone is 3. The minimum atomic E-state index is -1.07. The van der Waals surface area contributed by atoms with Crippen molar-refractivity contribution in [3.05, 3.63) is 24.3 Å². The van der Waals surface area contributed by atoms with E-state index in [2.05, 4.69) is 9.98 Å². The molecule has 0 bridgehead atoms. The minimum Gasteiger partial charge on any atom is -0.480 e. The van der Waals surface area contributed by atoms with Gasteiger partial charge in [0.2, 0.25) is 0 Å². The van der Waals surface area contributed by atoms with Crippen LogP contribution in [0.1, 0.15) is 0 Å². The molecule has 1 aliphatic heterocycles. The normalized spacial score (nSPS) is 21.9. The predicted octanol–water partition coefficient (Wildman–Crippen LogP) is 0.210. The third kappa shape index (κ3) is 2.73. The predicted molar refractivity (Wildman–Crippen MR) is 60.1 cm³/mol. The fourth-order valence-corrected chi connectivity index (χ4v) is 1.51. The Bertz CT molecular complexity index is 474. The van der Waals surface area contributed by atoms with E-state index in [0.29, 0.717) is 5.71 Å². The van der Waals surface area contributed by atoms with E-state index in [4.69, 9.17) is 9.84 Å². The number of amides is 1. The van der Waals surface area contributed by atoms with E-state index in [0.717, 1.165) is 0 Å². The molecule has 88 valence electrons. The summed E-state index contributed by atoms with van der Waals surface area (Å²) >= 11 is 0. The fourth-order valence-electron chi connectivity index (χ4n) is 1.51. The molecule has 1 atom stereocenters. The summed E-state index contributed by atoms with van der Waals surface area (Å²) in [7, 11) is 0. The van der Waals surface area contributed by atoms with Gasteiger partial charge >= 0.3 is 5.97 Å². The number of carbonyl (C=O) groups excluding carboxylic acids is 1. The van der Waals surface area contributed by atoms with Crippen molar-refractivity contribution in [3.63, 3.8) is 0 Å². The smallest absolute Gasteiger partial charge is 0.329 e. The zero-order chi connectivity index (χ0) is 12.3. The molecule has 0 fully saturated rings. The van der Waals surface area contributed by atoms with Gasteiger partial charge in [-0.2, -0.15) is 4.99 Å². The van der Waals surface area contributed by atoms with E-state index in [-0.39, 0.29) is 18.3 Å². The van der Waals surface area contributed by atoms with Gasteiger partial charge < -0.3 is 9.84 Å². The molecule has 1 N–H and O–H groups in total. The molecule has 0 aromatic heterocycles. The Kier molecular flexibility index (Phi) is 3.24. The SMILES string of the molecule is O=C(O)COCC1=NC(=O)C2C=CC=CC2=N1. The van der Waals surface area contributed by atoms with Crippen LogP contribution < -0.4 is 0 Å². The van der Waals surface area contributed by atoms with Gasteiger partial charge in [-0.15, -0.1) is 0 Å². The van der Waals surface area contributed by atoms with Crippen LogP contribution in [0, 0.1) is 5.92 Å². The molecule has 2 rings (SSSR count). The van der Waals surface area contributed by atoms with Crippen LogP contribution in [0.25, 0.3) is 0 Å². The van der Waals surface area contributed by atoms with Crippen LogP contribution >= 0.6 is 0 Å². The molecule has 0 saturated carbocycles. The Balaban J connectivity index is 2.03. The van der Waals surface area contributed by atoms with Crippen LogP contribution in [0.5, 0.6) is 0 Å². The number of amidine groups is 1. The maximum atomic E-state index is 11.6. The summed E-state index contributed by atoms with van der Waals surface area (Å²) in [4.78, 5) is 29.7. The summed E-state index contributed by atoms with van der Waals surface area (Å²) in [6.45, 7) is -0.511. The van der Waals surface area contributed by atoms with Crippen molar-refractivity contribution >= 4 is 23.4 Å². The molecule has 17 heavy (non-hydrogen) atoms. The minimum absolute atomic E-state index is 0.0776. The van der Waals surface area contributed by atoms with E-state index in [1.165, 1.54) is 0 Å². The van der Waals surface area contributed by atoms with Crippen LogP contribution in [-0.2, 0) is 14.3 Å². The largest absolute Gasteiger partial charge is 0.480 e. The molecule has 6 heteroatoms. The van der Waals surface area contributed by atoms with E-state index >= 15 is 0 Å². The van der Waals surface area contributed by atoms with Gasteiger partial charge in [0.15, 0.2) is 5.84 Å². The number of aliphatic imine (C=N–C) groups is 2. The van der Waals surface area contributed by atoms with Crippen molar-refractivity contribution in [1.29, 1.82) is 0 Å². The van der Waals surface area contributed by atoms with E-state index in [9.17, 15) is 9.59 Å². The van der Waals surface area contributed by atoms with Gasteiger partial charge in [0.1, 0.15) is 19.1 Å². The second-order valence-electron chi connectivity index (χ2n) is 3.51. The molecule has 0 aromatic rings. The first-order valence-corrected chi connectivity index (χ1v) is 5.01. The standard InChI is InChI=1S/C11H10N2O4/c14-10(15)6-17-5-9-12-8-4-2-1-3-7(8)11(16)13-9/h1-4,7H,5-6H2,(H,14,15). The van der Waals surface area contributed by atoms with E-state index < -0.39 is 18.5 Å². The van der Waals surface area contributed by atoms with E-state index in [1.54, 1.807) is 24.3 Å². The number of fused-ring (bicyclic) bond motifs is 1. The summed E-state index contributed by atoms with van der Waals surface area (Å²) in [6, 6.07) is 0. The number of hydrogen-bond acceptors (Lipinski definition) is 4. The van der Waals surface area contributed by atoms with Crippen molar-refractivity contribution < 1.29 is 19.4 Å². The van der Waals surface area contributed by atoms with Crippen molar-refractivity contribution in [3.8, 4) is 0 Å². The fraction of sp³-hybridized carbons (Fsp3) is 0.273. The lowest BCUT2D eigenvalue weighted by Gasteiger charge is -2.17. The first-order valence-electron chi connectivity index (χ1n) is 5.01. The highest BCUT2D eigenvalue weighted by Gasteiger charge is 2.26. The number of ether oxygens (including phenoxy) is 1. The van der Waals surface area contributed by atoms with Gasteiger partial charge in [-0.1, -0.05) is 18.2 Å².